The number of ether oxygens (including phenoxy) is 1. The smallest absolute Gasteiger partial charge is 0.252 e. The molecule has 2 fully saturated rings. The Kier molecular flexibility index (Phi) is 8.26. The molecule has 37 heavy (non-hydrogen) atoms. The van der Waals surface area contributed by atoms with E-state index in [2.05, 4.69) is 0 Å². The van der Waals surface area contributed by atoms with Gasteiger partial charge < -0.3 is 4.74 Å². The lowest BCUT2D eigenvalue weighted by atomic mass is 10.2. The zero-order chi connectivity index (χ0) is 27.0. The van der Waals surface area contributed by atoms with Gasteiger partial charge in [-0.15, -0.1) is 0 Å². The average Bonchev–Trinajstić information content (AvgIpc) is 3.14. The number of benzene rings is 2. The third-order valence-electron chi connectivity index (χ3n) is 6.11. The second-order valence-electron chi connectivity index (χ2n) is 8.47. The zero-order valence-corrected chi connectivity index (χ0v) is 22.6. The molecule has 2 aromatic carbocycles. The summed E-state index contributed by atoms with van der Waals surface area (Å²) in [6.07, 6.45) is -0.406. The molecule has 15 heteroatoms. The minimum Gasteiger partial charge on any atom is -0.379 e. The highest BCUT2D eigenvalue weighted by Gasteiger charge is 2.47. The van der Waals surface area contributed by atoms with Gasteiger partial charge in [-0.2, -0.15) is 4.31 Å². The van der Waals surface area contributed by atoms with E-state index in [4.69, 9.17) is 33.1 Å². The van der Waals surface area contributed by atoms with Gasteiger partial charge in [0.05, 0.1) is 35.2 Å². The van der Waals surface area contributed by atoms with Gasteiger partial charge in [0.15, 0.2) is 0 Å². The molecule has 2 aliphatic heterocycles. The first-order valence-electron chi connectivity index (χ1n) is 11.2. The molecule has 2 heterocycles. The molecule has 1 unspecified atom stereocenters. The molecule has 2 N–H and O–H groups in total. The van der Waals surface area contributed by atoms with Crippen molar-refractivity contribution < 1.29 is 31.2 Å². The van der Waals surface area contributed by atoms with Crippen LogP contribution in [-0.4, -0.2) is 83.3 Å². The number of nitrogens with two attached hydrogens (primary N) is 1. The number of hydrogen-bond donors (Lipinski definition) is 1. The Hall–Kier alpha value is -2.10. The maximum atomic E-state index is 13.8. The van der Waals surface area contributed by atoms with Gasteiger partial charge in [0.2, 0.25) is 26.0 Å². The first-order valence-corrected chi connectivity index (χ1v) is 14.9. The van der Waals surface area contributed by atoms with Crippen LogP contribution in [-0.2, 0) is 34.4 Å². The number of morpholine rings is 1. The van der Waals surface area contributed by atoms with Crippen molar-refractivity contribution in [2.45, 2.75) is 22.3 Å². The molecule has 0 saturated carbocycles. The number of halogens is 2. The lowest BCUT2D eigenvalue weighted by molar-refractivity contribution is -0.122. The number of imide groups is 1. The third kappa shape index (κ3) is 5.99. The molecule has 0 bridgehead atoms. The molecule has 0 aliphatic carbocycles. The van der Waals surface area contributed by atoms with Crippen molar-refractivity contribution in [3.63, 3.8) is 0 Å². The molecule has 2 aliphatic rings. The molecule has 11 nitrogen and oxygen atoms in total. The summed E-state index contributed by atoms with van der Waals surface area (Å²) in [7, 11) is -8.35. The molecule has 4 rings (SSSR count). The minimum atomic E-state index is -4.36. The van der Waals surface area contributed by atoms with E-state index in [1.165, 1.54) is 30.3 Å². The van der Waals surface area contributed by atoms with Gasteiger partial charge in [0, 0.05) is 31.2 Å². The Labute approximate surface area is 224 Å². The van der Waals surface area contributed by atoms with Gasteiger partial charge >= 0.3 is 0 Å². The summed E-state index contributed by atoms with van der Waals surface area (Å²) < 4.78 is 57.0. The molecule has 2 saturated heterocycles. The Bertz CT molecular complexity index is 1410. The maximum Gasteiger partial charge on any atom is 0.252 e. The van der Waals surface area contributed by atoms with E-state index in [0.29, 0.717) is 32.8 Å². The predicted molar refractivity (Wildman–Crippen MR) is 136 cm³/mol. The SMILES string of the molecule is NS(=O)(=O)c1ccc(N2C(=O)CC(N(CCN3CCOCC3)S(=O)(=O)c3cc(Cl)ccc3Cl)C2=O)cc1. The number of amides is 2. The summed E-state index contributed by atoms with van der Waals surface area (Å²) in [5, 5.41) is 5.18. The maximum absolute atomic E-state index is 13.8. The van der Waals surface area contributed by atoms with Gasteiger partial charge in [-0.05, 0) is 42.5 Å². The van der Waals surface area contributed by atoms with E-state index >= 15 is 0 Å². The monoisotopic (exact) mass is 590 g/mol. The van der Waals surface area contributed by atoms with Crippen molar-refractivity contribution in [2.24, 2.45) is 5.14 Å². The summed E-state index contributed by atoms with van der Waals surface area (Å²) in [5.74, 6) is -1.40. The van der Waals surface area contributed by atoms with Crippen molar-refractivity contribution in [1.29, 1.82) is 0 Å². The van der Waals surface area contributed by atoms with Gasteiger partial charge in [-0.25, -0.2) is 26.9 Å². The minimum absolute atomic E-state index is 0.0759. The summed E-state index contributed by atoms with van der Waals surface area (Å²) in [5.41, 5.74) is 0.0937. The van der Waals surface area contributed by atoms with E-state index < -0.39 is 44.3 Å². The van der Waals surface area contributed by atoms with Crippen molar-refractivity contribution in [2.75, 3.05) is 44.3 Å². The standard InChI is InChI=1S/C22H24Cl2N4O7S2/c23-15-1-6-18(24)20(13-15)37(33,34)27(8-7-26-9-11-35-12-10-26)19-14-21(29)28(22(19)30)16-2-4-17(5-3-16)36(25,31)32/h1-6,13,19H,7-12,14H2,(H2,25,31,32). The van der Waals surface area contributed by atoms with Crippen LogP contribution >= 0.6 is 23.2 Å². The quantitative estimate of drug-likeness (QED) is 0.452. The first-order chi connectivity index (χ1) is 17.4. The number of carbonyl (C=O) groups is 2. The second-order valence-corrected chi connectivity index (χ2v) is 12.7. The summed E-state index contributed by atoms with van der Waals surface area (Å²) in [6.45, 7) is 2.37. The topological polar surface area (TPSA) is 147 Å². The average molecular weight is 591 g/mol. The van der Waals surface area contributed by atoms with Gasteiger partial charge in [0.25, 0.3) is 5.91 Å². The summed E-state index contributed by atoms with van der Waals surface area (Å²) in [6, 6.07) is 7.50. The number of anilines is 1. The van der Waals surface area contributed by atoms with Gasteiger partial charge in [-0.3, -0.25) is 14.5 Å². The fraction of sp³-hybridized carbons (Fsp3) is 0.364. The number of primary sulfonamides is 1. The van der Waals surface area contributed by atoms with Crippen LogP contribution in [0.2, 0.25) is 10.0 Å². The Morgan fingerprint density at radius 2 is 1.65 bits per heavy atom. The summed E-state index contributed by atoms with van der Waals surface area (Å²) >= 11 is 12.2. The van der Waals surface area contributed by atoms with Crippen molar-refractivity contribution in [3.05, 3.63) is 52.5 Å². The summed E-state index contributed by atoms with van der Waals surface area (Å²) in [4.78, 5) is 28.8. The lowest BCUT2D eigenvalue weighted by Crippen LogP contribution is -2.49. The molecule has 1 atom stereocenters. The molecular formula is C22H24Cl2N4O7S2. The van der Waals surface area contributed by atoms with Crippen LogP contribution in [0.1, 0.15) is 6.42 Å². The Balaban J connectivity index is 1.68. The van der Waals surface area contributed by atoms with Crippen molar-refractivity contribution >= 4 is 60.8 Å². The molecular weight excluding hydrogens is 567 g/mol. The van der Waals surface area contributed by atoms with Gasteiger partial charge in [0.1, 0.15) is 10.9 Å². The van der Waals surface area contributed by atoms with Crippen LogP contribution in [0, 0.1) is 0 Å². The molecule has 0 radical (unpaired) electrons. The van der Waals surface area contributed by atoms with E-state index in [1.807, 2.05) is 4.90 Å². The van der Waals surface area contributed by atoms with Crippen LogP contribution in [0.3, 0.4) is 0 Å². The second kappa shape index (κ2) is 10.9. The van der Waals surface area contributed by atoms with E-state index in [0.717, 1.165) is 21.3 Å². The van der Waals surface area contributed by atoms with Gasteiger partial charge in [-0.1, -0.05) is 23.2 Å². The number of carbonyl (C=O) groups excluding carboxylic acids is 2. The molecule has 200 valence electrons. The van der Waals surface area contributed by atoms with Crippen LogP contribution < -0.4 is 10.0 Å². The number of hydrogen-bond acceptors (Lipinski definition) is 8. The van der Waals surface area contributed by atoms with Crippen LogP contribution in [0.15, 0.2) is 52.3 Å². The highest BCUT2D eigenvalue weighted by atomic mass is 35.5. The van der Waals surface area contributed by atoms with Crippen molar-refractivity contribution in [1.82, 2.24) is 9.21 Å². The molecule has 2 amide bonds. The van der Waals surface area contributed by atoms with E-state index in [-0.39, 0.29) is 32.1 Å². The molecule has 2 aromatic rings. The normalized spacial score (nSPS) is 19.7. The number of sulfonamides is 2. The Morgan fingerprint density at radius 3 is 2.27 bits per heavy atom. The molecule has 0 aromatic heterocycles. The fourth-order valence-electron chi connectivity index (χ4n) is 4.21. The highest BCUT2D eigenvalue weighted by molar-refractivity contribution is 7.89. The third-order valence-corrected chi connectivity index (χ3v) is 9.67. The number of rotatable bonds is 8. The zero-order valence-electron chi connectivity index (χ0n) is 19.4. The highest BCUT2D eigenvalue weighted by Crippen LogP contribution is 2.33. The fourth-order valence-corrected chi connectivity index (χ4v) is 7.03. The molecule has 0 spiro atoms. The van der Waals surface area contributed by atoms with Crippen LogP contribution in [0.25, 0.3) is 0 Å². The van der Waals surface area contributed by atoms with E-state index in [1.54, 1.807) is 0 Å². The number of nitrogens with zero attached hydrogens (tertiary/aromatic N) is 3. The lowest BCUT2D eigenvalue weighted by Gasteiger charge is -2.31. The first kappa shape index (κ1) is 27.9. The van der Waals surface area contributed by atoms with Crippen LogP contribution in [0.4, 0.5) is 5.69 Å². The predicted octanol–water partition coefficient (Wildman–Crippen LogP) is 1.30. The van der Waals surface area contributed by atoms with Crippen LogP contribution in [0.5, 0.6) is 0 Å². The largest absolute Gasteiger partial charge is 0.379 e. The van der Waals surface area contributed by atoms with E-state index in [9.17, 15) is 26.4 Å². The van der Waals surface area contributed by atoms with Crippen molar-refractivity contribution in [3.8, 4) is 0 Å². The Morgan fingerprint density at radius 1 is 1.00 bits per heavy atom.